The van der Waals surface area contributed by atoms with Crippen LogP contribution < -0.4 is 4.74 Å². The number of ether oxygens (including phenoxy) is 4. The molecule has 0 radical (unpaired) electrons. The van der Waals surface area contributed by atoms with Gasteiger partial charge in [0.05, 0.1) is 43.7 Å². The van der Waals surface area contributed by atoms with Crippen molar-refractivity contribution >= 4 is 40.4 Å². The van der Waals surface area contributed by atoms with E-state index in [1.54, 1.807) is 25.3 Å². The van der Waals surface area contributed by atoms with E-state index in [1.165, 1.54) is 19.1 Å². The van der Waals surface area contributed by atoms with Crippen molar-refractivity contribution in [2.24, 2.45) is 5.92 Å². The van der Waals surface area contributed by atoms with Gasteiger partial charge in [-0.3, -0.25) is 9.59 Å². The molecule has 30 heavy (non-hydrogen) atoms. The first-order valence-electron chi connectivity index (χ1n) is 9.35. The minimum atomic E-state index is -1.39. The van der Waals surface area contributed by atoms with Gasteiger partial charge in [-0.25, -0.2) is 4.79 Å². The number of methoxy groups -OCH3 is 3. The Hall–Kier alpha value is -2.14. The molecule has 2 saturated heterocycles. The van der Waals surface area contributed by atoms with E-state index >= 15 is 0 Å². The SMILES string of the molecule is C=C[C@@H]1O[C@@]2(CC(=O)OC)[C@H](C(=O)OC)N(Cc3ccc(OC)cc3)C(=O)[C@H]2[C@@H]1I. The zero-order chi connectivity index (χ0) is 22.1. The second-order valence-corrected chi connectivity index (χ2v) is 8.63. The Bertz CT molecular complexity index is 842. The number of hydrogen-bond donors (Lipinski definition) is 0. The van der Waals surface area contributed by atoms with Crippen LogP contribution in [0.3, 0.4) is 0 Å². The lowest BCUT2D eigenvalue weighted by Gasteiger charge is -2.34. The Balaban J connectivity index is 2.05. The number of amides is 1. The minimum Gasteiger partial charge on any atom is -0.497 e. The average Bonchev–Trinajstić information content (AvgIpc) is 3.16. The van der Waals surface area contributed by atoms with Crippen LogP contribution in [0.15, 0.2) is 36.9 Å². The summed E-state index contributed by atoms with van der Waals surface area (Å²) in [5, 5.41) is 0. The molecule has 0 bridgehead atoms. The maximum absolute atomic E-state index is 13.5. The van der Waals surface area contributed by atoms with Crippen LogP contribution in [-0.2, 0) is 35.1 Å². The van der Waals surface area contributed by atoms with E-state index in [1.807, 2.05) is 12.1 Å². The highest BCUT2D eigenvalue weighted by Gasteiger charge is 2.70. The lowest BCUT2D eigenvalue weighted by atomic mass is 9.81. The topological polar surface area (TPSA) is 91.4 Å². The van der Waals surface area contributed by atoms with Gasteiger partial charge < -0.3 is 23.8 Å². The van der Waals surface area contributed by atoms with Crippen LogP contribution >= 0.6 is 22.6 Å². The second-order valence-electron chi connectivity index (χ2n) is 7.19. The maximum Gasteiger partial charge on any atom is 0.331 e. The molecular weight excluding hydrogens is 505 g/mol. The van der Waals surface area contributed by atoms with Crippen LogP contribution in [-0.4, -0.2) is 65.7 Å². The molecule has 5 atom stereocenters. The third-order valence-electron chi connectivity index (χ3n) is 5.65. The van der Waals surface area contributed by atoms with Crippen molar-refractivity contribution in [3.05, 3.63) is 42.5 Å². The first-order chi connectivity index (χ1) is 14.3. The summed E-state index contributed by atoms with van der Waals surface area (Å²) < 4.78 is 21.0. The van der Waals surface area contributed by atoms with Gasteiger partial charge in [-0.1, -0.05) is 40.8 Å². The molecule has 8 nitrogen and oxygen atoms in total. The molecule has 0 N–H and O–H groups in total. The summed E-state index contributed by atoms with van der Waals surface area (Å²) in [6.45, 7) is 3.93. The smallest absolute Gasteiger partial charge is 0.331 e. The van der Waals surface area contributed by atoms with Crippen LogP contribution in [0.2, 0.25) is 0 Å². The second kappa shape index (κ2) is 8.93. The highest BCUT2D eigenvalue weighted by atomic mass is 127. The predicted octanol–water partition coefficient (Wildman–Crippen LogP) is 1.89. The highest BCUT2D eigenvalue weighted by Crippen LogP contribution is 2.52. The fourth-order valence-corrected chi connectivity index (χ4v) is 5.62. The summed E-state index contributed by atoms with van der Waals surface area (Å²) in [5.74, 6) is -1.52. The Kier molecular flexibility index (Phi) is 6.71. The van der Waals surface area contributed by atoms with Crippen molar-refractivity contribution in [2.75, 3.05) is 21.3 Å². The van der Waals surface area contributed by atoms with Crippen molar-refractivity contribution in [1.82, 2.24) is 4.90 Å². The van der Waals surface area contributed by atoms with Crippen molar-refractivity contribution in [2.45, 2.75) is 34.6 Å². The molecule has 0 unspecified atom stereocenters. The number of carbonyl (C=O) groups excluding carboxylic acids is 3. The normalized spacial score (nSPS) is 30.0. The summed E-state index contributed by atoms with van der Waals surface area (Å²) in [7, 11) is 4.07. The van der Waals surface area contributed by atoms with E-state index in [2.05, 4.69) is 29.2 Å². The molecule has 0 spiro atoms. The van der Waals surface area contributed by atoms with Gasteiger partial charge in [0, 0.05) is 6.54 Å². The lowest BCUT2D eigenvalue weighted by molar-refractivity contribution is -0.164. The fraction of sp³-hybridized carbons (Fsp3) is 0.476. The van der Waals surface area contributed by atoms with Gasteiger partial charge in [0.25, 0.3) is 0 Å². The molecule has 2 heterocycles. The van der Waals surface area contributed by atoms with Gasteiger partial charge in [-0.05, 0) is 17.7 Å². The third kappa shape index (κ3) is 3.68. The number of benzene rings is 1. The van der Waals surface area contributed by atoms with Gasteiger partial charge >= 0.3 is 11.9 Å². The average molecular weight is 529 g/mol. The third-order valence-corrected chi connectivity index (χ3v) is 7.08. The molecule has 0 saturated carbocycles. The molecule has 2 aliphatic heterocycles. The summed E-state index contributed by atoms with van der Waals surface area (Å²) in [6.07, 6.45) is 0.853. The zero-order valence-corrected chi connectivity index (χ0v) is 19.2. The van der Waals surface area contributed by atoms with Crippen molar-refractivity contribution < 1.29 is 33.3 Å². The number of esters is 2. The maximum atomic E-state index is 13.5. The van der Waals surface area contributed by atoms with E-state index in [9.17, 15) is 14.4 Å². The fourth-order valence-electron chi connectivity index (χ4n) is 4.26. The number of likely N-dealkylation sites (tertiary alicyclic amines) is 1. The Morgan fingerprint density at radius 1 is 1.23 bits per heavy atom. The number of carbonyl (C=O) groups is 3. The van der Waals surface area contributed by atoms with Crippen LogP contribution in [0.1, 0.15) is 12.0 Å². The van der Waals surface area contributed by atoms with E-state index in [0.29, 0.717) is 5.75 Å². The first-order valence-corrected chi connectivity index (χ1v) is 10.6. The Labute approximate surface area is 188 Å². The van der Waals surface area contributed by atoms with Crippen LogP contribution in [0, 0.1) is 5.92 Å². The molecule has 2 aliphatic rings. The first kappa shape index (κ1) is 22.5. The zero-order valence-electron chi connectivity index (χ0n) is 17.0. The molecule has 0 aliphatic carbocycles. The molecule has 3 rings (SSSR count). The molecule has 1 aromatic carbocycles. The van der Waals surface area contributed by atoms with Gasteiger partial charge in [0.15, 0.2) is 6.04 Å². The highest BCUT2D eigenvalue weighted by molar-refractivity contribution is 14.1. The summed E-state index contributed by atoms with van der Waals surface area (Å²) >= 11 is 2.13. The monoisotopic (exact) mass is 529 g/mol. The van der Waals surface area contributed by atoms with Crippen LogP contribution in [0.4, 0.5) is 0 Å². The molecule has 2 fully saturated rings. The molecule has 162 valence electrons. The predicted molar refractivity (Wildman–Crippen MR) is 115 cm³/mol. The number of fused-ring (bicyclic) bond motifs is 1. The van der Waals surface area contributed by atoms with Gasteiger partial charge in [0.1, 0.15) is 11.4 Å². The molecule has 1 amide bonds. The summed E-state index contributed by atoms with van der Waals surface area (Å²) in [5.41, 5.74) is -0.592. The Morgan fingerprint density at radius 2 is 1.90 bits per heavy atom. The van der Waals surface area contributed by atoms with Gasteiger partial charge in [-0.15, -0.1) is 6.58 Å². The van der Waals surface area contributed by atoms with Gasteiger partial charge in [-0.2, -0.15) is 0 Å². The van der Waals surface area contributed by atoms with Crippen molar-refractivity contribution in [1.29, 1.82) is 0 Å². The standard InChI is InChI=1S/C21H24INO7/c1-5-14-17(22)16-19(25)23(11-12-6-8-13(27-2)9-7-12)18(20(26)29-4)21(16,30-14)10-15(24)28-3/h5-9,14,16-18H,1,10-11H2,2-4H3/t14-,16+,17+,18-,21+/m0/s1. The number of nitrogens with zero attached hydrogens (tertiary/aromatic N) is 1. The van der Waals surface area contributed by atoms with E-state index < -0.39 is 35.6 Å². The van der Waals surface area contributed by atoms with E-state index in [0.717, 1.165) is 5.56 Å². The van der Waals surface area contributed by atoms with Crippen molar-refractivity contribution in [3.63, 3.8) is 0 Å². The van der Waals surface area contributed by atoms with E-state index in [-0.39, 0.29) is 22.8 Å². The van der Waals surface area contributed by atoms with Gasteiger partial charge in [0.2, 0.25) is 5.91 Å². The van der Waals surface area contributed by atoms with E-state index in [4.69, 9.17) is 18.9 Å². The number of rotatable bonds is 7. The minimum absolute atomic E-state index is 0.160. The van der Waals surface area contributed by atoms with Crippen LogP contribution in [0.5, 0.6) is 5.75 Å². The molecule has 9 heteroatoms. The lowest BCUT2D eigenvalue weighted by Crippen LogP contribution is -2.53. The molecule has 0 aromatic heterocycles. The Morgan fingerprint density at radius 3 is 2.43 bits per heavy atom. The van der Waals surface area contributed by atoms with Crippen molar-refractivity contribution in [3.8, 4) is 5.75 Å². The quantitative estimate of drug-likeness (QED) is 0.231. The number of hydrogen-bond acceptors (Lipinski definition) is 7. The largest absolute Gasteiger partial charge is 0.497 e. The summed E-state index contributed by atoms with van der Waals surface area (Å²) in [4.78, 5) is 40.1. The summed E-state index contributed by atoms with van der Waals surface area (Å²) in [6, 6.07) is 6.09. The molecular formula is C21H24INO7. The molecule has 1 aromatic rings. The van der Waals surface area contributed by atoms with Crippen LogP contribution in [0.25, 0.3) is 0 Å². The number of halogens is 1. The number of alkyl halides is 1.